The van der Waals surface area contributed by atoms with Gasteiger partial charge in [-0.25, -0.2) is 4.79 Å². The number of nitrogens with one attached hydrogen (secondary N) is 1. The molecule has 0 spiro atoms. The molecule has 0 aliphatic rings. The highest BCUT2D eigenvalue weighted by atomic mass is 35.5. The number of hydrogen-bond acceptors (Lipinski definition) is 4. The summed E-state index contributed by atoms with van der Waals surface area (Å²) in [5.74, 6) is -1.17. The van der Waals surface area contributed by atoms with E-state index < -0.39 is 18.5 Å². The van der Waals surface area contributed by atoms with Crippen molar-refractivity contribution in [2.24, 2.45) is 7.05 Å². The number of nitrogens with zero attached hydrogens (tertiary/aromatic N) is 2. The molecule has 6 nitrogen and oxygen atoms in total. The quantitative estimate of drug-likeness (QED) is 0.634. The molecule has 0 bridgehead atoms. The molecule has 1 aromatic carbocycles. The monoisotopic (exact) mass is 381 g/mol. The number of aromatic nitrogens is 2. The molecule has 0 aliphatic carbocycles. The zero-order valence-corrected chi connectivity index (χ0v) is 15.5. The molecule has 132 valence electrons. The van der Waals surface area contributed by atoms with Crippen LogP contribution in [0.25, 0.3) is 6.08 Å². The molecule has 0 saturated carbocycles. The molecule has 1 aromatic heterocycles. The number of benzene rings is 1. The lowest BCUT2D eigenvalue weighted by Gasteiger charge is -2.08. The van der Waals surface area contributed by atoms with Crippen LogP contribution in [0.1, 0.15) is 17.0 Å². The van der Waals surface area contributed by atoms with E-state index in [2.05, 4.69) is 10.4 Å². The molecule has 0 aliphatic heterocycles. The normalized spacial score (nSPS) is 10.9. The highest BCUT2D eigenvalue weighted by molar-refractivity contribution is 6.39. The van der Waals surface area contributed by atoms with Crippen molar-refractivity contribution in [1.29, 1.82) is 0 Å². The lowest BCUT2D eigenvalue weighted by Crippen LogP contribution is -2.20. The summed E-state index contributed by atoms with van der Waals surface area (Å²) in [4.78, 5) is 23.6. The first-order valence-electron chi connectivity index (χ1n) is 7.38. The summed E-state index contributed by atoms with van der Waals surface area (Å²) in [6.45, 7) is 3.29. The molecule has 2 aromatic rings. The third-order valence-electron chi connectivity index (χ3n) is 3.52. The van der Waals surface area contributed by atoms with Gasteiger partial charge in [-0.15, -0.1) is 0 Å². The summed E-state index contributed by atoms with van der Waals surface area (Å²) in [7, 11) is 1.82. The lowest BCUT2D eigenvalue weighted by atomic mass is 10.2. The number of anilines is 1. The number of rotatable bonds is 5. The van der Waals surface area contributed by atoms with Gasteiger partial charge in [-0.05, 0) is 32.1 Å². The number of ether oxygens (including phenoxy) is 1. The van der Waals surface area contributed by atoms with Crippen LogP contribution in [0, 0.1) is 13.8 Å². The van der Waals surface area contributed by atoms with Gasteiger partial charge in [0.05, 0.1) is 21.4 Å². The van der Waals surface area contributed by atoms with Gasteiger partial charge in [-0.1, -0.05) is 29.3 Å². The molecule has 1 amide bonds. The number of amides is 1. The SMILES string of the molecule is Cc1nn(C)c(C)c1/C=C/C(=O)OCC(=O)Nc1c(Cl)cccc1Cl. The van der Waals surface area contributed by atoms with Crippen molar-refractivity contribution >= 4 is 46.8 Å². The van der Waals surface area contributed by atoms with Crippen LogP contribution in [0.2, 0.25) is 10.0 Å². The Morgan fingerprint density at radius 3 is 2.48 bits per heavy atom. The van der Waals surface area contributed by atoms with E-state index in [4.69, 9.17) is 27.9 Å². The molecule has 8 heteroatoms. The Hall–Kier alpha value is -2.31. The van der Waals surface area contributed by atoms with Crippen LogP contribution >= 0.6 is 23.2 Å². The first-order chi connectivity index (χ1) is 11.8. The highest BCUT2D eigenvalue weighted by Gasteiger charge is 2.11. The summed E-state index contributed by atoms with van der Waals surface area (Å²) in [6.07, 6.45) is 2.87. The molecule has 0 fully saturated rings. The number of esters is 1. The predicted octanol–water partition coefficient (Wildman–Crippen LogP) is 3.54. The molecule has 1 heterocycles. The molecule has 0 radical (unpaired) electrons. The van der Waals surface area contributed by atoms with E-state index >= 15 is 0 Å². The number of hydrogen-bond donors (Lipinski definition) is 1. The third-order valence-corrected chi connectivity index (χ3v) is 4.15. The Labute approximate surface area is 155 Å². The third kappa shape index (κ3) is 4.84. The number of aryl methyl sites for hydroxylation is 2. The van der Waals surface area contributed by atoms with Gasteiger partial charge >= 0.3 is 5.97 Å². The average molecular weight is 382 g/mol. The van der Waals surface area contributed by atoms with Crippen LogP contribution in [-0.2, 0) is 21.4 Å². The van der Waals surface area contributed by atoms with Crippen molar-refractivity contribution < 1.29 is 14.3 Å². The summed E-state index contributed by atoms with van der Waals surface area (Å²) in [5.41, 5.74) is 2.85. The fourth-order valence-electron chi connectivity index (χ4n) is 2.16. The predicted molar refractivity (Wildman–Crippen MR) is 97.8 cm³/mol. The maximum absolute atomic E-state index is 11.9. The molecular weight excluding hydrogens is 365 g/mol. The second-order valence-electron chi connectivity index (χ2n) is 5.29. The van der Waals surface area contributed by atoms with Crippen molar-refractivity contribution in [3.63, 3.8) is 0 Å². The van der Waals surface area contributed by atoms with Crippen molar-refractivity contribution in [2.45, 2.75) is 13.8 Å². The Morgan fingerprint density at radius 1 is 1.28 bits per heavy atom. The van der Waals surface area contributed by atoms with Gasteiger partial charge in [0.1, 0.15) is 0 Å². The van der Waals surface area contributed by atoms with Gasteiger partial charge in [0.25, 0.3) is 5.91 Å². The second-order valence-corrected chi connectivity index (χ2v) is 6.11. The van der Waals surface area contributed by atoms with Crippen LogP contribution in [0.4, 0.5) is 5.69 Å². The van der Waals surface area contributed by atoms with Gasteiger partial charge in [-0.2, -0.15) is 5.10 Å². The molecule has 0 saturated heterocycles. The molecular formula is C17H17Cl2N3O3. The van der Waals surface area contributed by atoms with Gasteiger partial charge in [0.15, 0.2) is 6.61 Å². The standard InChI is InChI=1S/C17H17Cl2N3O3/c1-10-12(11(2)22(3)21-10)7-8-16(24)25-9-15(23)20-17-13(18)5-4-6-14(17)19/h4-8H,9H2,1-3H3,(H,20,23)/b8-7+. The number of para-hydroxylation sites is 1. The average Bonchev–Trinajstić information content (AvgIpc) is 2.80. The largest absolute Gasteiger partial charge is 0.452 e. The first kappa shape index (κ1) is 19.0. The summed E-state index contributed by atoms with van der Waals surface area (Å²) in [6, 6.07) is 4.85. The fraction of sp³-hybridized carbons (Fsp3) is 0.235. The summed E-state index contributed by atoms with van der Waals surface area (Å²) >= 11 is 11.9. The lowest BCUT2D eigenvalue weighted by molar-refractivity contribution is -0.142. The van der Waals surface area contributed by atoms with E-state index in [1.54, 1.807) is 29.0 Å². The van der Waals surface area contributed by atoms with E-state index in [1.807, 2.05) is 20.9 Å². The van der Waals surface area contributed by atoms with Crippen LogP contribution in [-0.4, -0.2) is 28.3 Å². The van der Waals surface area contributed by atoms with Crippen molar-refractivity contribution in [1.82, 2.24) is 9.78 Å². The van der Waals surface area contributed by atoms with Gasteiger partial charge in [-0.3, -0.25) is 9.48 Å². The minimum Gasteiger partial charge on any atom is -0.452 e. The smallest absolute Gasteiger partial charge is 0.331 e. The maximum Gasteiger partial charge on any atom is 0.331 e. The van der Waals surface area contributed by atoms with Crippen LogP contribution < -0.4 is 5.32 Å². The topological polar surface area (TPSA) is 73.2 Å². The first-order valence-corrected chi connectivity index (χ1v) is 8.14. The molecule has 0 atom stereocenters. The van der Waals surface area contributed by atoms with E-state index in [1.165, 1.54) is 6.08 Å². The van der Waals surface area contributed by atoms with Crippen molar-refractivity contribution in [3.05, 3.63) is 51.3 Å². The van der Waals surface area contributed by atoms with Crippen molar-refractivity contribution in [3.8, 4) is 0 Å². The number of halogens is 2. The molecule has 1 N–H and O–H groups in total. The van der Waals surface area contributed by atoms with Gasteiger partial charge in [0.2, 0.25) is 0 Å². The Bertz CT molecular complexity index is 824. The number of carbonyl (C=O) groups excluding carboxylic acids is 2. The maximum atomic E-state index is 11.9. The van der Waals surface area contributed by atoms with E-state index in [9.17, 15) is 9.59 Å². The minimum absolute atomic E-state index is 0.282. The zero-order valence-electron chi connectivity index (χ0n) is 14.0. The Morgan fingerprint density at radius 2 is 1.92 bits per heavy atom. The van der Waals surface area contributed by atoms with Gasteiger partial charge in [0, 0.05) is 24.4 Å². The zero-order chi connectivity index (χ0) is 18.6. The number of carbonyl (C=O) groups is 2. The van der Waals surface area contributed by atoms with E-state index in [0.29, 0.717) is 10.0 Å². The minimum atomic E-state index is -0.636. The summed E-state index contributed by atoms with van der Waals surface area (Å²) in [5, 5.41) is 7.36. The van der Waals surface area contributed by atoms with Gasteiger partial charge < -0.3 is 10.1 Å². The Kier molecular flexibility index (Phi) is 6.22. The molecule has 2 rings (SSSR count). The molecule has 0 unspecified atom stereocenters. The summed E-state index contributed by atoms with van der Waals surface area (Å²) < 4.78 is 6.64. The molecule has 25 heavy (non-hydrogen) atoms. The highest BCUT2D eigenvalue weighted by Crippen LogP contribution is 2.29. The van der Waals surface area contributed by atoms with E-state index in [0.717, 1.165) is 17.0 Å². The van der Waals surface area contributed by atoms with Crippen LogP contribution in [0.15, 0.2) is 24.3 Å². The Balaban J connectivity index is 1.91. The van der Waals surface area contributed by atoms with Crippen molar-refractivity contribution in [2.75, 3.05) is 11.9 Å². The van der Waals surface area contributed by atoms with Crippen LogP contribution in [0.3, 0.4) is 0 Å². The van der Waals surface area contributed by atoms with Crippen LogP contribution in [0.5, 0.6) is 0 Å². The fourth-order valence-corrected chi connectivity index (χ4v) is 2.65. The second kappa shape index (κ2) is 8.18. The van der Waals surface area contributed by atoms with E-state index in [-0.39, 0.29) is 5.69 Å².